The molecule has 1 aliphatic carbocycles. The number of nitrogens with one attached hydrogen (secondary N) is 1. The molecule has 2 atom stereocenters. The second-order valence-electron chi connectivity index (χ2n) is 6.96. The first-order chi connectivity index (χ1) is 7.97. The Morgan fingerprint density at radius 3 is 2.65 bits per heavy atom. The van der Waals surface area contributed by atoms with Crippen molar-refractivity contribution in [3.63, 3.8) is 0 Å². The van der Waals surface area contributed by atoms with Crippen molar-refractivity contribution in [2.45, 2.75) is 70.9 Å². The first kappa shape index (κ1) is 13.4. The zero-order chi connectivity index (χ0) is 12.5. The molecule has 0 amide bonds. The summed E-state index contributed by atoms with van der Waals surface area (Å²) in [5.74, 6) is 0.840. The van der Waals surface area contributed by atoms with Gasteiger partial charge in [-0.15, -0.1) is 0 Å². The molecule has 2 fully saturated rings. The fourth-order valence-corrected chi connectivity index (χ4v) is 3.67. The van der Waals surface area contributed by atoms with Gasteiger partial charge in [0.05, 0.1) is 5.60 Å². The number of hydrogen-bond acceptors (Lipinski definition) is 2. The summed E-state index contributed by atoms with van der Waals surface area (Å²) < 4.78 is 6.04. The van der Waals surface area contributed by atoms with Crippen molar-refractivity contribution in [1.82, 2.24) is 5.32 Å². The van der Waals surface area contributed by atoms with E-state index in [1.807, 2.05) is 0 Å². The van der Waals surface area contributed by atoms with Gasteiger partial charge in [0.2, 0.25) is 0 Å². The molecule has 1 heterocycles. The van der Waals surface area contributed by atoms with E-state index < -0.39 is 0 Å². The Labute approximate surface area is 107 Å². The SMILES string of the molecule is CNC(C)CC(C)(C)C1CCOC2(CCC2)C1. The summed E-state index contributed by atoms with van der Waals surface area (Å²) in [6.07, 6.45) is 7.81. The first-order valence-electron chi connectivity index (χ1n) is 7.29. The topological polar surface area (TPSA) is 21.3 Å². The Morgan fingerprint density at radius 2 is 2.12 bits per heavy atom. The van der Waals surface area contributed by atoms with Gasteiger partial charge in [-0.3, -0.25) is 0 Å². The van der Waals surface area contributed by atoms with Crippen LogP contribution >= 0.6 is 0 Å². The van der Waals surface area contributed by atoms with E-state index in [0.29, 0.717) is 17.1 Å². The molecule has 100 valence electrons. The maximum atomic E-state index is 6.04. The molecule has 17 heavy (non-hydrogen) atoms. The van der Waals surface area contributed by atoms with Crippen molar-refractivity contribution in [3.05, 3.63) is 0 Å². The zero-order valence-electron chi connectivity index (χ0n) is 12.0. The molecule has 1 N–H and O–H groups in total. The minimum absolute atomic E-state index is 0.295. The van der Waals surface area contributed by atoms with E-state index in [2.05, 4.69) is 33.1 Å². The van der Waals surface area contributed by atoms with Crippen LogP contribution in [0, 0.1) is 11.3 Å². The van der Waals surface area contributed by atoms with Crippen molar-refractivity contribution < 1.29 is 4.74 Å². The van der Waals surface area contributed by atoms with Crippen LogP contribution in [0.5, 0.6) is 0 Å². The van der Waals surface area contributed by atoms with E-state index in [-0.39, 0.29) is 0 Å². The van der Waals surface area contributed by atoms with Crippen LogP contribution in [0.2, 0.25) is 0 Å². The predicted octanol–water partition coefficient (Wildman–Crippen LogP) is 3.36. The van der Waals surface area contributed by atoms with E-state index in [4.69, 9.17) is 4.74 Å². The molecule has 1 spiro atoms. The lowest BCUT2D eigenvalue weighted by atomic mass is 9.63. The summed E-state index contributed by atoms with van der Waals surface area (Å²) >= 11 is 0. The number of rotatable bonds is 4. The summed E-state index contributed by atoms with van der Waals surface area (Å²) in [5.41, 5.74) is 0.734. The molecule has 0 radical (unpaired) electrons. The molecule has 2 rings (SSSR count). The highest BCUT2D eigenvalue weighted by Gasteiger charge is 2.46. The van der Waals surface area contributed by atoms with E-state index in [0.717, 1.165) is 12.5 Å². The van der Waals surface area contributed by atoms with Crippen LogP contribution in [0.4, 0.5) is 0 Å². The molecule has 1 saturated heterocycles. The van der Waals surface area contributed by atoms with E-state index >= 15 is 0 Å². The average molecular weight is 239 g/mol. The molecule has 0 aromatic carbocycles. The molecule has 1 saturated carbocycles. The lowest BCUT2D eigenvalue weighted by Gasteiger charge is -2.51. The largest absolute Gasteiger partial charge is 0.375 e. The smallest absolute Gasteiger partial charge is 0.0685 e. The van der Waals surface area contributed by atoms with Gasteiger partial charge in [0, 0.05) is 12.6 Å². The third kappa shape index (κ3) is 2.85. The molecule has 2 unspecified atom stereocenters. The van der Waals surface area contributed by atoms with Gasteiger partial charge in [0.25, 0.3) is 0 Å². The molecular weight excluding hydrogens is 210 g/mol. The maximum Gasteiger partial charge on any atom is 0.0685 e. The van der Waals surface area contributed by atoms with Crippen LogP contribution in [-0.4, -0.2) is 25.3 Å². The minimum Gasteiger partial charge on any atom is -0.375 e. The van der Waals surface area contributed by atoms with Crippen LogP contribution in [0.15, 0.2) is 0 Å². The highest BCUT2D eigenvalue weighted by atomic mass is 16.5. The highest BCUT2D eigenvalue weighted by Crippen LogP contribution is 2.49. The average Bonchev–Trinajstić information content (AvgIpc) is 2.26. The number of ether oxygens (including phenoxy) is 1. The Morgan fingerprint density at radius 1 is 1.41 bits per heavy atom. The van der Waals surface area contributed by atoms with Crippen molar-refractivity contribution >= 4 is 0 Å². The molecule has 0 aromatic rings. The standard InChI is InChI=1S/C15H29NO/c1-12(16-4)10-14(2,3)13-6-9-17-15(11-13)7-5-8-15/h12-13,16H,5-11H2,1-4H3. The molecule has 2 nitrogen and oxygen atoms in total. The van der Waals surface area contributed by atoms with Gasteiger partial charge in [0.15, 0.2) is 0 Å². The van der Waals surface area contributed by atoms with Crippen LogP contribution in [0.1, 0.15) is 59.3 Å². The number of hydrogen-bond donors (Lipinski definition) is 1. The maximum absolute atomic E-state index is 6.04. The molecular formula is C15H29NO. The fraction of sp³-hybridized carbons (Fsp3) is 1.00. The minimum atomic E-state index is 0.295. The Kier molecular flexibility index (Phi) is 3.84. The zero-order valence-corrected chi connectivity index (χ0v) is 12.0. The van der Waals surface area contributed by atoms with Gasteiger partial charge in [-0.25, -0.2) is 0 Å². The summed E-state index contributed by atoms with van der Waals surface area (Å²) in [7, 11) is 2.07. The van der Waals surface area contributed by atoms with E-state index in [1.54, 1.807) is 0 Å². The molecule has 0 bridgehead atoms. The Balaban J connectivity index is 1.95. The van der Waals surface area contributed by atoms with Crippen LogP contribution < -0.4 is 5.32 Å². The lowest BCUT2D eigenvalue weighted by Crippen LogP contribution is -2.49. The van der Waals surface area contributed by atoms with Gasteiger partial charge in [-0.1, -0.05) is 13.8 Å². The lowest BCUT2D eigenvalue weighted by molar-refractivity contribution is -0.158. The summed E-state index contributed by atoms with van der Waals surface area (Å²) in [5, 5.41) is 3.38. The highest BCUT2D eigenvalue weighted by molar-refractivity contribution is 4.97. The molecule has 2 heteroatoms. The monoisotopic (exact) mass is 239 g/mol. The van der Waals surface area contributed by atoms with Gasteiger partial charge < -0.3 is 10.1 Å². The van der Waals surface area contributed by atoms with Crippen LogP contribution in [0.3, 0.4) is 0 Å². The molecule has 2 aliphatic rings. The second-order valence-corrected chi connectivity index (χ2v) is 6.96. The summed E-state index contributed by atoms with van der Waals surface area (Å²) in [6, 6.07) is 0.616. The van der Waals surface area contributed by atoms with Gasteiger partial charge >= 0.3 is 0 Å². The van der Waals surface area contributed by atoms with Crippen molar-refractivity contribution in [3.8, 4) is 0 Å². The normalized spacial score (nSPS) is 30.0. The third-order valence-corrected chi connectivity index (χ3v) is 5.19. The van der Waals surface area contributed by atoms with Crippen molar-refractivity contribution in [1.29, 1.82) is 0 Å². The first-order valence-corrected chi connectivity index (χ1v) is 7.29. The van der Waals surface area contributed by atoms with Crippen LogP contribution in [-0.2, 0) is 4.74 Å². The van der Waals surface area contributed by atoms with Crippen LogP contribution in [0.25, 0.3) is 0 Å². The van der Waals surface area contributed by atoms with Gasteiger partial charge in [0.1, 0.15) is 0 Å². The summed E-state index contributed by atoms with van der Waals surface area (Å²) in [6.45, 7) is 8.18. The molecule has 0 aromatic heterocycles. The van der Waals surface area contributed by atoms with Gasteiger partial charge in [-0.2, -0.15) is 0 Å². The fourth-order valence-electron chi connectivity index (χ4n) is 3.67. The quantitative estimate of drug-likeness (QED) is 0.812. The van der Waals surface area contributed by atoms with Crippen molar-refractivity contribution in [2.75, 3.05) is 13.7 Å². The second kappa shape index (κ2) is 4.89. The molecule has 1 aliphatic heterocycles. The third-order valence-electron chi connectivity index (χ3n) is 5.19. The van der Waals surface area contributed by atoms with E-state index in [1.165, 1.54) is 38.5 Å². The Hall–Kier alpha value is -0.0800. The van der Waals surface area contributed by atoms with E-state index in [9.17, 15) is 0 Å². The van der Waals surface area contributed by atoms with Gasteiger partial charge in [-0.05, 0) is 63.8 Å². The predicted molar refractivity (Wildman–Crippen MR) is 72.2 cm³/mol. The Bertz CT molecular complexity index is 258. The van der Waals surface area contributed by atoms with Crippen molar-refractivity contribution in [2.24, 2.45) is 11.3 Å². The summed E-state index contributed by atoms with van der Waals surface area (Å²) in [4.78, 5) is 0.